The van der Waals surface area contributed by atoms with Gasteiger partial charge in [-0.25, -0.2) is 0 Å². The second kappa shape index (κ2) is 5.06. The van der Waals surface area contributed by atoms with Crippen molar-refractivity contribution in [2.24, 2.45) is 5.73 Å². The van der Waals surface area contributed by atoms with Gasteiger partial charge in [-0.15, -0.1) is 0 Å². The Balaban J connectivity index is 2.34. The molecule has 2 N–H and O–H groups in total. The number of halogens is 3. The Morgan fingerprint density at radius 3 is 2.60 bits per heavy atom. The van der Waals surface area contributed by atoms with Crippen LogP contribution in [0.15, 0.2) is 18.6 Å². The van der Waals surface area contributed by atoms with E-state index in [1.165, 1.54) is 18.6 Å². The Labute approximate surface area is 85.5 Å². The number of alkyl halides is 3. The lowest BCUT2D eigenvalue weighted by atomic mass is 10.1. The number of nitrogens with zero attached hydrogens (tertiary/aromatic N) is 2. The van der Waals surface area contributed by atoms with Gasteiger partial charge in [-0.3, -0.25) is 9.97 Å². The van der Waals surface area contributed by atoms with Crippen molar-refractivity contribution in [3.05, 3.63) is 24.3 Å². The predicted molar refractivity (Wildman–Crippen MR) is 48.9 cm³/mol. The summed E-state index contributed by atoms with van der Waals surface area (Å²) < 4.78 is 35.5. The maximum atomic E-state index is 11.8. The third-order valence-corrected chi connectivity index (χ3v) is 1.94. The summed E-state index contributed by atoms with van der Waals surface area (Å²) in [4.78, 5) is 7.72. The van der Waals surface area contributed by atoms with Crippen LogP contribution in [0.2, 0.25) is 0 Å². The molecule has 1 aromatic heterocycles. The molecular weight excluding hydrogens is 207 g/mol. The van der Waals surface area contributed by atoms with Crippen molar-refractivity contribution in [1.29, 1.82) is 0 Å². The van der Waals surface area contributed by atoms with Crippen molar-refractivity contribution < 1.29 is 13.2 Å². The van der Waals surface area contributed by atoms with Crippen LogP contribution in [0.3, 0.4) is 0 Å². The van der Waals surface area contributed by atoms with Crippen molar-refractivity contribution >= 4 is 0 Å². The summed E-state index contributed by atoms with van der Waals surface area (Å²) in [6.07, 6.45) is -0.203. The van der Waals surface area contributed by atoms with Crippen molar-refractivity contribution in [2.75, 3.05) is 0 Å². The lowest BCUT2D eigenvalue weighted by Crippen LogP contribution is -2.14. The summed E-state index contributed by atoms with van der Waals surface area (Å²) in [7, 11) is 0. The number of nitrogens with two attached hydrogens (primary N) is 1. The van der Waals surface area contributed by atoms with Crippen LogP contribution in [0.25, 0.3) is 0 Å². The van der Waals surface area contributed by atoms with E-state index in [4.69, 9.17) is 5.73 Å². The van der Waals surface area contributed by atoms with Gasteiger partial charge in [-0.1, -0.05) is 0 Å². The lowest BCUT2D eigenvalue weighted by Gasteiger charge is -2.11. The summed E-state index contributed by atoms with van der Waals surface area (Å²) in [5, 5.41) is 0. The summed E-state index contributed by atoms with van der Waals surface area (Å²) >= 11 is 0. The monoisotopic (exact) mass is 219 g/mol. The summed E-state index contributed by atoms with van der Waals surface area (Å²) in [5.41, 5.74) is 6.18. The van der Waals surface area contributed by atoms with E-state index in [2.05, 4.69) is 9.97 Å². The van der Waals surface area contributed by atoms with Crippen LogP contribution in [0.1, 0.15) is 31.0 Å². The van der Waals surface area contributed by atoms with Gasteiger partial charge in [-0.05, 0) is 12.8 Å². The van der Waals surface area contributed by atoms with Crippen molar-refractivity contribution in [3.8, 4) is 0 Å². The average Bonchev–Trinajstić information content (AvgIpc) is 2.17. The van der Waals surface area contributed by atoms with E-state index in [0.29, 0.717) is 5.69 Å². The fourth-order valence-corrected chi connectivity index (χ4v) is 1.17. The van der Waals surface area contributed by atoms with Gasteiger partial charge in [0.2, 0.25) is 0 Å². The van der Waals surface area contributed by atoms with Gasteiger partial charge < -0.3 is 5.73 Å². The minimum Gasteiger partial charge on any atom is -0.323 e. The van der Waals surface area contributed by atoms with Gasteiger partial charge in [0, 0.05) is 31.1 Å². The molecular formula is C9H12F3N3. The van der Waals surface area contributed by atoms with Crippen molar-refractivity contribution in [1.82, 2.24) is 9.97 Å². The molecule has 1 aromatic rings. The molecule has 0 saturated heterocycles. The largest absolute Gasteiger partial charge is 0.389 e. The van der Waals surface area contributed by atoms with Gasteiger partial charge in [0.15, 0.2) is 0 Å². The first-order chi connectivity index (χ1) is 6.99. The normalized spacial score (nSPS) is 13.9. The van der Waals surface area contributed by atoms with E-state index >= 15 is 0 Å². The standard InChI is InChI=1S/C9H12F3N3/c10-9(11,12)3-1-2-7(13)8-6-14-4-5-15-8/h4-7H,1-3,13H2. The van der Waals surface area contributed by atoms with Crippen molar-refractivity contribution in [2.45, 2.75) is 31.5 Å². The quantitative estimate of drug-likeness (QED) is 0.844. The van der Waals surface area contributed by atoms with E-state index in [1.54, 1.807) is 0 Å². The van der Waals surface area contributed by atoms with Crippen molar-refractivity contribution in [3.63, 3.8) is 0 Å². The SMILES string of the molecule is NC(CCCC(F)(F)F)c1cnccn1. The molecule has 0 aliphatic carbocycles. The zero-order valence-corrected chi connectivity index (χ0v) is 8.04. The smallest absolute Gasteiger partial charge is 0.323 e. The van der Waals surface area contributed by atoms with E-state index in [-0.39, 0.29) is 12.8 Å². The molecule has 1 unspecified atom stereocenters. The maximum Gasteiger partial charge on any atom is 0.389 e. The zero-order valence-electron chi connectivity index (χ0n) is 8.04. The Kier molecular flexibility index (Phi) is 4.02. The Morgan fingerprint density at radius 1 is 1.33 bits per heavy atom. The van der Waals surface area contributed by atoms with Crippen LogP contribution in [-0.4, -0.2) is 16.1 Å². The van der Waals surface area contributed by atoms with Crippen LogP contribution in [0.5, 0.6) is 0 Å². The number of hydrogen-bond acceptors (Lipinski definition) is 3. The molecule has 0 aliphatic heterocycles. The average molecular weight is 219 g/mol. The van der Waals surface area contributed by atoms with Crippen LogP contribution >= 0.6 is 0 Å². The molecule has 15 heavy (non-hydrogen) atoms. The van der Waals surface area contributed by atoms with Gasteiger partial charge in [0.25, 0.3) is 0 Å². The highest BCUT2D eigenvalue weighted by molar-refractivity contribution is 5.00. The van der Waals surface area contributed by atoms with E-state index in [9.17, 15) is 13.2 Å². The van der Waals surface area contributed by atoms with Crippen LogP contribution in [0, 0.1) is 0 Å². The second-order valence-corrected chi connectivity index (χ2v) is 3.24. The third kappa shape index (κ3) is 4.73. The first-order valence-electron chi connectivity index (χ1n) is 4.57. The fourth-order valence-electron chi connectivity index (χ4n) is 1.17. The molecule has 0 aliphatic rings. The Hall–Kier alpha value is -1.17. The molecule has 1 atom stereocenters. The summed E-state index contributed by atoms with van der Waals surface area (Å²) in [6.45, 7) is 0. The molecule has 6 heteroatoms. The predicted octanol–water partition coefficient (Wildman–Crippen LogP) is 2.21. The Bertz CT molecular complexity index is 286. The molecule has 0 aromatic carbocycles. The molecule has 0 fully saturated rings. The molecule has 84 valence electrons. The van der Waals surface area contributed by atoms with Gasteiger partial charge in [0.05, 0.1) is 5.69 Å². The molecule has 0 radical (unpaired) electrons. The highest BCUT2D eigenvalue weighted by Gasteiger charge is 2.26. The molecule has 0 bridgehead atoms. The minimum atomic E-state index is -4.11. The number of hydrogen-bond donors (Lipinski definition) is 1. The van der Waals surface area contributed by atoms with Crippen LogP contribution in [0.4, 0.5) is 13.2 Å². The van der Waals surface area contributed by atoms with Gasteiger partial charge >= 0.3 is 6.18 Å². The molecule has 1 rings (SSSR count). The number of aromatic nitrogens is 2. The zero-order chi connectivity index (χ0) is 11.3. The van der Waals surface area contributed by atoms with Gasteiger partial charge in [-0.2, -0.15) is 13.2 Å². The maximum absolute atomic E-state index is 11.8. The van der Waals surface area contributed by atoms with E-state index < -0.39 is 18.6 Å². The first kappa shape index (κ1) is 11.9. The molecule has 0 spiro atoms. The topological polar surface area (TPSA) is 51.8 Å². The van der Waals surface area contributed by atoms with Gasteiger partial charge in [0.1, 0.15) is 0 Å². The van der Waals surface area contributed by atoms with E-state index in [1.807, 2.05) is 0 Å². The first-order valence-corrected chi connectivity index (χ1v) is 4.57. The summed E-state index contributed by atoms with van der Waals surface area (Å²) in [6, 6.07) is -0.471. The van der Waals surface area contributed by atoms with E-state index in [0.717, 1.165) is 0 Å². The number of rotatable bonds is 4. The third-order valence-electron chi connectivity index (χ3n) is 1.94. The highest BCUT2D eigenvalue weighted by atomic mass is 19.4. The van der Waals surface area contributed by atoms with Crippen LogP contribution < -0.4 is 5.73 Å². The fraction of sp³-hybridized carbons (Fsp3) is 0.556. The molecule has 0 amide bonds. The second-order valence-electron chi connectivity index (χ2n) is 3.24. The van der Waals surface area contributed by atoms with Crippen LogP contribution in [-0.2, 0) is 0 Å². The minimum absolute atomic E-state index is 0.0151. The molecule has 1 heterocycles. The Morgan fingerprint density at radius 2 is 2.07 bits per heavy atom. The molecule has 3 nitrogen and oxygen atoms in total. The highest BCUT2D eigenvalue weighted by Crippen LogP contribution is 2.24. The summed E-state index contributed by atoms with van der Waals surface area (Å²) in [5.74, 6) is 0. The molecule has 0 saturated carbocycles. The lowest BCUT2D eigenvalue weighted by molar-refractivity contribution is -0.135.